The maximum absolute atomic E-state index is 12.3. The van der Waals surface area contributed by atoms with Crippen molar-refractivity contribution in [3.8, 4) is 0 Å². The number of carbonyl (C=O) groups excluding carboxylic acids is 1. The number of rotatable bonds is 4. The molecule has 7 nitrogen and oxygen atoms in total. The summed E-state index contributed by atoms with van der Waals surface area (Å²) in [4.78, 5) is 20.6. The molecule has 2 N–H and O–H groups in total. The van der Waals surface area contributed by atoms with Crippen LogP contribution in [0.25, 0.3) is 0 Å². The maximum atomic E-state index is 12.3. The topological polar surface area (TPSA) is 101 Å². The highest BCUT2D eigenvalue weighted by atomic mass is 32.2. The molecule has 1 aromatic carbocycles. The summed E-state index contributed by atoms with van der Waals surface area (Å²) in [5, 5.41) is 5.85. The first-order chi connectivity index (χ1) is 11.8. The van der Waals surface area contributed by atoms with E-state index >= 15 is 0 Å². The highest BCUT2D eigenvalue weighted by Gasteiger charge is 2.28. The molecule has 0 saturated carbocycles. The van der Waals surface area contributed by atoms with E-state index in [1.807, 2.05) is 32.0 Å². The van der Waals surface area contributed by atoms with Gasteiger partial charge in [-0.15, -0.1) is 0 Å². The number of benzene rings is 1. The zero-order valence-corrected chi connectivity index (χ0v) is 14.9. The molecule has 1 aliphatic heterocycles. The number of hydrogen-bond donors (Lipinski definition) is 2. The van der Waals surface area contributed by atoms with Gasteiger partial charge < -0.3 is 10.6 Å². The van der Waals surface area contributed by atoms with Crippen LogP contribution in [0.1, 0.15) is 27.9 Å². The Morgan fingerprint density at radius 3 is 2.56 bits per heavy atom. The summed E-state index contributed by atoms with van der Waals surface area (Å²) < 4.78 is 22.9. The third-order valence-corrected chi connectivity index (χ3v) is 5.89. The Morgan fingerprint density at radius 2 is 1.92 bits per heavy atom. The summed E-state index contributed by atoms with van der Waals surface area (Å²) in [5.41, 5.74) is 3.12. The summed E-state index contributed by atoms with van der Waals surface area (Å²) in [6.07, 6.45) is 3.40. The van der Waals surface area contributed by atoms with Gasteiger partial charge in [0.2, 0.25) is 5.95 Å². The lowest BCUT2D eigenvalue weighted by atomic mass is 10.1. The van der Waals surface area contributed by atoms with E-state index in [1.54, 1.807) is 0 Å². The largest absolute Gasteiger partial charge is 0.350 e. The van der Waals surface area contributed by atoms with Crippen LogP contribution in [0.3, 0.4) is 0 Å². The fourth-order valence-corrected chi connectivity index (χ4v) is 4.35. The highest BCUT2D eigenvalue weighted by Crippen LogP contribution is 2.18. The Morgan fingerprint density at radius 1 is 1.20 bits per heavy atom. The van der Waals surface area contributed by atoms with Gasteiger partial charge in [0.25, 0.3) is 5.91 Å². The molecule has 0 radical (unpaired) electrons. The first kappa shape index (κ1) is 17.3. The molecule has 0 bridgehead atoms. The molecule has 1 amide bonds. The van der Waals surface area contributed by atoms with Gasteiger partial charge in [-0.1, -0.05) is 12.1 Å². The number of carbonyl (C=O) groups is 1. The second kappa shape index (κ2) is 6.79. The van der Waals surface area contributed by atoms with E-state index in [-0.39, 0.29) is 23.5 Å². The Bertz CT molecular complexity index is 895. The number of amides is 1. The number of aromatic nitrogens is 2. The predicted molar refractivity (Wildman–Crippen MR) is 96.6 cm³/mol. The Kier molecular flexibility index (Phi) is 4.71. The molecule has 0 aliphatic carbocycles. The minimum absolute atomic E-state index is 0.0885. The molecule has 1 atom stereocenters. The quantitative estimate of drug-likeness (QED) is 0.864. The molecule has 1 fully saturated rings. The van der Waals surface area contributed by atoms with Crippen molar-refractivity contribution in [2.24, 2.45) is 0 Å². The summed E-state index contributed by atoms with van der Waals surface area (Å²) in [6, 6.07) is 5.66. The van der Waals surface area contributed by atoms with Gasteiger partial charge in [-0.3, -0.25) is 4.79 Å². The lowest BCUT2D eigenvalue weighted by Crippen LogP contribution is -2.22. The van der Waals surface area contributed by atoms with Crippen LogP contribution in [0.15, 0.2) is 30.6 Å². The molecular formula is C17H20N4O3S. The number of anilines is 2. The van der Waals surface area contributed by atoms with E-state index in [1.165, 1.54) is 12.4 Å². The molecule has 1 unspecified atom stereocenters. The minimum atomic E-state index is -2.96. The fourth-order valence-electron chi connectivity index (χ4n) is 2.68. The summed E-state index contributed by atoms with van der Waals surface area (Å²) >= 11 is 0. The van der Waals surface area contributed by atoms with Gasteiger partial charge in [0, 0.05) is 24.1 Å². The summed E-state index contributed by atoms with van der Waals surface area (Å²) in [7, 11) is -2.96. The third-order valence-electron chi connectivity index (χ3n) is 4.12. The first-order valence-corrected chi connectivity index (χ1v) is 9.82. The molecular weight excluding hydrogens is 340 g/mol. The van der Waals surface area contributed by atoms with E-state index in [2.05, 4.69) is 20.6 Å². The van der Waals surface area contributed by atoms with Crippen LogP contribution in [0.2, 0.25) is 0 Å². The van der Waals surface area contributed by atoms with Crippen molar-refractivity contribution in [1.82, 2.24) is 9.97 Å². The van der Waals surface area contributed by atoms with E-state index in [0.29, 0.717) is 17.9 Å². The van der Waals surface area contributed by atoms with Gasteiger partial charge in [-0.25, -0.2) is 18.4 Å². The number of sulfone groups is 1. The second-order valence-corrected chi connectivity index (χ2v) is 8.54. The van der Waals surface area contributed by atoms with Gasteiger partial charge in [-0.2, -0.15) is 0 Å². The van der Waals surface area contributed by atoms with Crippen molar-refractivity contribution in [3.63, 3.8) is 0 Å². The zero-order valence-electron chi connectivity index (χ0n) is 14.1. The van der Waals surface area contributed by atoms with E-state index < -0.39 is 9.84 Å². The fraction of sp³-hybridized carbons (Fsp3) is 0.353. The number of nitrogens with one attached hydrogen (secondary N) is 2. The van der Waals surface area contributed by atoms with E-state index in [9.17, 15) is 13.2 Å². The van der Waals surface area contributed by atoms with Crippen molar-refractivity contribution < 1.29 is 13.2 Å². The van der Waals surface area contributed by atoms with Crippen LogP contribution in [0.5, 0.6) is 0 Å². The van der Waals surface area contributed by atoms with E-state index in [0.717, 1.165) is 16.8 Å². The van der Waals surface area contributed by atoms with E-state index in [4.69, 9.17) is 0 Å². The van der Waals surface area contributed by atoms with Crippen molar-refractivity contribution >= 4 is 27.4 Å². The number of nitrogens with zero attached hydrogens (tertiary/aromatic N) is 2. The zero-order chi connectivity index (χ0) is 18.0. The first-order valence-electron chi connectivity index (χ1n) is 8.00. The molecule has 2 heterocycles. The normalized spacial score (nSPS) is 18.7. The van der Waals surface area contributed by atoms with Crippen LogP contribution in [-0.4, -0.2) is 41.8 Å². The van der Waals surface area contributed by atoms with Crippen molar-refractivity contribution in [2.75, 3.05) is 22.1 Å². The highest BCUT2D eigenvalue weighted by molar-refractivity contribution is 7.91. The lowest BCUT2D eigenvalue weighted by Gasteiger charge is -2.11. The molecule has 8 heteroatoms. The minimum Gasteiger partial charge on any atom is -0.350 e. The van der Waals surface area contributed by atoms with Crippen molar-refractivity contribution in [1.29, 1.82) is 0 Å². The van der Waals surface area contributed by atoms with Gasteiger partial charge >= 0.3 is 0 Å². The molecule has 1 aliphatic rings. The smallest absolute Gasteiger partial charge is 0.258 e. The second-order valence-electron chi connectivity index (χ2n) is 6.31. The summed E-state index contributed by atoms with van der Waals surface area (Å²) in [6.45, 7) is 3.89. The molecule has 1 saturated heterocycles. The number of aryl methyl sites for hydroxylation is 2. The molecule has 0 spiro atoms. The predicted octanol–water partition coefficient (Wildman–Crippen LogP) is 1.94. The average Bonchev–Trinajstić information content (AvgIpc) is 2.90. The standard InChI is InChI=1S/C17H20N4O3S/c1-11-3-4-12(2)15(7-11)21-16(22)13-8-18-17(19-9-13)20-14-5-6-25(23,24)10-14/h3-4,7-9,14H,5-6,10H2,1-2H3,(H,21,22)(H,18,19,20). The summed E-state index contributed by atoms with van der Waals surface area (Å²) in [5.74, 6) is 0.306. The van der Waals surface area contributed by atoms with Crippen LogP contribution in [0.4, 0.5) is 11.6 Å². The Hall–Kier alpha value is -2.48. The van der Waals surface area contributed by atoms with Crippen LogP contribution in [0, 0.1) is 13.8 Å². The van der Waals surface area contributed by atoms with Crippen molar-refractivity contribution in [2.45, 2.75) is 26.3 Å². The van der Waals surface area contributed by atoms with Crippen LogP contribution < -0.4 is 10.6 Å². The lowest BCUT2D eigenvalue weighted by molar-refractivity contribution is 0.102. The average molecular weight is 360 g/mol. The maximum Gasteiger partial charge on any atom is 0.258 e. The SMILES string of the molecule is Cc1ccc(C)c(NC(=O)c2cnc(NC3CCS(=O)(=O)C3)nc2)c1. The van der Waals surface area contributed by atoms with Crippen LogP contribution >= 0.6 is 0 Å². The van der Waals surface area contributed by atoms with Gasteiger partial charge in [-0.05, 0) is 37.5 Å². The molecule has 1 aromatic heterocycles. The van der Waals surface area contributed by atoms with Crippen LogP contribution in [-0.2, 0) is 9.84 Å². The monoisotopic (exact) mass is 360 g/mol. The van der Waals surface area contributed by atoms with Crippen molar-refractivity contribution in [3.05, 3.63) is 47.3 Å². The number of hydrogen-bond acceptors (Lipinski definition) is 6. The molecule has 3 rings (SSSR count). The molecule has 2 aromatic rings. The van der Waals surface area contributed by atoms with Gasteiger partial charge in [0.05, 0.1) is 17.1 Å². The molecule has 25 heavy (non-hydrogen) atoms. The Balaban J connectivity index is 1.65. The third kappa shape index (κ3) is 4.33. The Labute approximate surface area is 146 Å². The van der Waals surface area contributed by atoms with Gasteiger partial charge in [0.1, 0.15) is 0 Å². The van der Waals surface area contributed by atoms with Gasteiger partial charge in [0.15, 0.2) is 9.84 Å². The molecule has 132 valence electrons.